The van der Waals surface area contributed by atoms with E-state index in [1.165, 1.54) is 0 Å². The Bertz CT molecular complexity index is 124. The van der Waals surface area contributed by atoms with Gasteiger partial charge < -0.3 is 4.74 Å². The maximum Gasteiger partial charge on any atom is 0.316 e. The molecule has 0 N–H and O–H groups in total. The van der Waals surface area contributed by atoms with Crippen LogP contribution in [0.1, 0.15) is 20.8 Å². The van der Waals surface area contributed by atoms with Gasteiger partial charge in [0.15, 0.2) is 12.4 Å². The molecule has 1 heterocycles. The van der Waals surface area contributed by atoms with Gasteiger partial charge >= 0.3 is 5.97 Å². The first-order valence-corrected chi connectivity index (χ1v) is 3.41. The fourth-order valence-electron chi connectivity index (χ4n) is 0.524. The molecule has 0 amide bonds. The molecule has 1 aliphatic heterocycles. The van der Waals surface area contributed by atoms with Crippen molar-refractivity contribution in [2.45, 2.75) is 20.8 Å². The van der Waals surface area contributed by atoms with E-state index in [0.29, 0.717) is 0 Å². The summed E-state index contributed by atoms with van der Waals surface area (Å²) in [5.41, 5.74) is 0. The highest BCUT2D eigenvalue weighted by Gasteiger charge is 2.30. The third kappa shape index (κ3) is 1.83. The SMILES string of the molecule is CC.CC1C(=O)COC1=O. The maximum absolute atomic E-state index is 10.4. The van der Waals surface area contributed by atoms with Crippen LogP contribution in [0, 0.1) is 5.92 Å². The van der Waals surface area contributed by atoms with Crippen LogP contribution in [-0.2, 0) is 14.3 Å². The summed E-state index contributed by atoms with van der Waals surface area (Å²) in [5.74, 6) is -1.03. The number of ether oxygens (including phenoxy) is 1. The van der Waals surface area contributed by atoms with E-state index in [1.807, 2.05) is 13.8 Å². The molecule has 3 heteroatoms. The van der Waals surface area contributed by atoms with E-state index in [4.69, 9.17) is 0 Å². The molecule has 0 aromatic carbocycles. The molecule has 0 spiro atoms. The molecule has 1 atom stereocenters. The normalized spacial score (nSPS) is 23.3. The van der Waals surface area contributed by atoms with Crippen molar-refractivity contribution in [2.24, 2.45) is 5.92 Å². The number of carbonyl (C=O) groups is 2. The molecular formula is C7H12O3. The van der Waals surface area contributed by atoms with E-state index >= 15 is 0 Å². The van der Waals surface area contributed by atoms with Gasteiger partial charge in [-0.2, -0.15) is 0 Å². The van der Waals surface area contributed by atoms with E-state index in [-0.39, 0.29) is 12.4 Å². The summed E-state index contributed by atoms with van der Waals surface area (Å²) >= 11 is 0. The Morgan fingerprint density at radius 2 is 1.90 bits per heavy atom. The summed E-state index contributed by atoms with van der Waals surface area (Å²) in [5, 5.41) is 0. The molecule has 0 aliphatic carbocycles. The molecular weight excluding hydrogens is 132 g/mol. The molecule has 1 saturated heterocycles. The predicted octanol–water partition coefficient (Wildman–Crippen LogP) is 0.775. The Kier molecular flexibility index (Phi) is 3.69. The van der Waals surface area contributed by atoms with Gasteiger partial charge in [0.25, 0.3) is 0 Å². The lowest BCUT2D eigenvalue weighted by molar-refractivity contribution is -0.140. The van der Waals surface area contributed by atoms with Crippen LogP contribution in [0.5, 0.6) is 0 Å². The molecule has 0 aromatic heterocycles. The number of rotatable bonds is 0. The third-order valence-corrected chi connectivity index (χ3v) is 1.19. The van der Waals surface area contributed by atoms with Gasteiger partial charge in [0.1, 0.15) is 5.92 Å². The van der Waals surface area contributed by atoms with E-state index in [0.717, 1.165) is 0 Å². The fraction of sp³-hybridized carbons (Fsp3) is 0.714. The van der Waals surface area contributed by atoms with Gasteiger partial charge in [0.2, 0.25) is 0 Å². The number of hydrogen-bond acceptors (Lipinski definition) is 3. The summed E-state index contributed by atoms with van der Waals surface area (Å²) in [7, 11) is 0. The maximum atomic E-state index is 10.4. The monoisotopic (exact) mass is 144 g/mol. The molecule has 10 heavy (non-hydrogen) atoms. The van der Waals surface area contributed by atoms with Crippen molar-refractivity contribution in [3.8, 4) is 0 Å². The van der Waals surface area contributed by atoms with Crippen LogP contribution in [0.3, 0.4) is 0 Å². The number of carbonyl (C=O) groups excluding carboxylic acids is 2. The topological polar surface area (TPSA) is 43.4 Å². The highest BCUT2D eigenvalue weighted by Crippen LogP contribution is 2.07. The number of esters is 1. The van der Waals surface area contributed by atoms with Gasteiger partial charge in [-0.25, -0.2) is 0 Å². The van der Waals surface area contributed by atoms with Crippen molar-refractivity contribution in [1.82, 2.24) is 0 Å². The summed E-state index contributed by atoms with van der Waals surface area (Å²) in [6.45, 7) is 5.53. The minimum absolute atomic E-state index is 0.0278. The van der Waals surface area contributed by atoms with Crippen molar-refractivity contribution < 1.29 is 14.3 Å². The average Bonchev–Trinajstić information content (AvgIpc) is 2.25. The van der Waals surface area contributed by atoms with Crippen molar-refractivity contribution >= 4 is 11.8 Å². The van der Waals surface area contributed by atoms with Crippen LogP contribution < -0.4 is 0 Å². The van der Waals surface area contributed by atoms with Crippen molar-refractivity contribution in [1.29, 1.82) is 0 Å². The minimum atomic E-state index is -0.519. The molecule has 1 unspecified atom stereocenters. The van der Waals surface area contributed by atoms with Crippen LogP contribution in [0.4, 0.5) is 0 Å². The molecule has 3 nitrogen and oxygen atoms in total. The summed E-state index contributed by atoms with van der Waals surface area (Å²) in [6, 6.07) is 0. The molecule has 0 aromatic rings. The zero-order chi connectivity index (χ0) is 8.15. The Hall–Kier alpha value is -0.860. The second-order valence-corrected chi connectivity index (χ2v) is 1.80. The van der Waals surface area contributed by atoms with E-state index in [9.17, 15) is 9.59 Å². The Labute approximate surface area is 60.4 Å². The molecule has 1 fully saturated rings. The largest absolute Gasteiger partial charge is 0.457 e. The zero-order valence-electron chi connectivity index (χ0n) is 6.51. The second kappa shape index (κ2) is 4.04. The summed E-state index contributed by atoms with van der Waals surface area (Å²) in [6.07, 6.45) is 0. The standard InChI is InChI=1S/C5H6O3.C2H6/c1-3-4(6)2-8-5(3)7;1-2/h3H,2H2,1H3;1-2H3. The molecule has 58 valence electrons. The van der Waals surface area contributed by atoms with E-state index < -0.39 is 11.9 Å². The highest BCUT2D eigenvalue weighted by molar-refractivity contribution is 6.04. The number of Topliss-reactive ketones (excluding diaryl/α,β-unsaturated/α-hetero) is 1. The molecule has 1 rings (SSSR count). The summed E-state index contributed by atoms with van der Waals surface area (Å²) in [4.78, 5) is 20.8. The predicted molar refractivity (Wildman–Crippen MR) is 36.5 cm³/mol. The van der Waals surface area contributed by atoms with Crippen LogP contribution in [0.15, 0.2) is 0 Å². The van der Waals surface area contributed by atoms with Crippen LogP contribution in [0.2, 0.25) is 0 Å². The number of ketones is 1. The van der Waals surface area contributed by atoms with Gasteiger partial charge in [-0.05, 0) is 6.92 Å². The van der Waals surface area contributed by atoms with Gasteiger partial charge in [-0.3, -0.25) is 9.59 Å². The van der Waals surface area contributed by atoms with Crippen molar-refractivity contribution in [3.63, 3.8) is 0 Å². The quantitative estimate of drug-likeness (QED) is 0.372. The fourth-order valence-corrected chi connectivity index (χ4v) is 0.524. The highest BCUT2D eigenvalue weighted by atomic mass is 16.5. The molecule has 1 aliphatic rings. The van der Waals surface area contributed by atoms with Gasteiger partial charge in [-0.15, -0.1) is 0 Å². The lowest BCUT2D eigenvalue weighted by Gasteiger charge is -1.87. The number of cyclic esters (lactones) is 1. The van der Waals surface area contributed by atoms with E-state index in [2.05, 4.69) is 4.74 Å². The summed E-state index contributed by atoms with van der Waals surface area (Å²) < 4.78 is 4.39. The van der Waals surface area contributed by atoms with Crippen LogP contribution in [0.25, 0.3) is 0 Å². The van der Waals surface area contributed by atoms with Crippen LogP contribution in [-0.4, -0.2) is 18.4 Å². The van der Waals surface area contributed by atoms with Crippen molar-refractivity contribution in [3.05, 3.63) is 0 Å². The van der Waals surface area contributed by atoms with Crippen molar-refractivity contribution in [2.75, 3.05) is 6.61 Å². The first-order chi connectivity index (χ1) is 4.72. The Balaban J connectivity index is 0.000000371. The second-order valence-electron chi connectivity index (χ2n) is 1.80. The first kappa shape index (κ1) is 9.14. The van der Waals surface area contributed by atoms with Gasteiger partial charge in [-0.1, -0.05) is 13.8 Å². The molecule has 0 bridgehead atoms. The first-order valence-electron chi connectivity index (χ1n) is 3.41. The Morgan fingerprint density at radius 1 is 1.40 bits per heavy atom. The lowest BCUT2D eigenvalue weighted by atomic mass is 10.1. The van der Waals surface area contributed by atoms with E-state index in [1.54, 1.807) is 6.92 Å². The Morgan fingerprint density at radius 3 is 2.00 bits per heavy atom. The molecule has 0 radical (unpaired) electrons. The van der Waals surface area contributed by atoms with Crippen LogP contribution >= 0.6 is 0 Å². The minimum Gasteiger partial charge on any atom is -0.457 e. The van der Waals surface area contributed by atoms with Gasteiger partial charge in [0.05, 0.1) is 0 Å². The number of hydrogen-bond donors (Lipinski definition) is 0. The average molecular weight is 144 g/mol. The smallest absolute Gasteiger partial charge is 0.316 e. The lowest BCUT2D eigenvalue weighted by Crippen LogP contribution is -2.09. The zero-order valence-corrected chi connectivity index (χ0v) is 6.51. The van der Waals surface area contributed by atoms with Gasteiger partial charge in [0, 0.05) is 0 Å². The molecule has 0 saturated carbocycles. The third-order valence-electron chi connectivity index (χ3n) is 1.19.